The van der Waals surface area contributed by atoms with Crippen molar-refractivity contribution >= 4 is 28.6 Å². The fraction of sp³-hybridized carbons (Fsp3) is 0.355. The predicted molar refractivity (Wildman–Crippen MR) is 159 cm³/mol. The Bertz CT molecular complexity index is 2010. The number of aliphatic hydroxyl groups is 1. The van der Waals surface area contributed by atoms with E-state index in [-0.39, 0.29) is 41.5 Å². The van der Waals surface area contributed by atoms with Gasteiger partial charge in [0.15, 0.2) is 11.5 Å². The Balaban J connectivity index is 1.41. The minimum Gasteiger partial charge on any atom is -0.465 e. The summed E-state index contributed by atoms with van der Waals surface area (Å²) in [7, 11) is 0. The van der Waals surface area contributed by atoms with Crippen molar-refractivity contribution in [3.8, 4) is 28.6 Å². The van der Waals surface area contributed by atoms with Crippen molar-refractivity contribution in [1.29, 1.82) is 5.26 Å². The Kier molecular flexibility index (Phi) is 6.66. The third-order valence-corrected chi connectivity index (χ3v) is 8.59. The predicted octanol–water partition coefficient (Wildman–Crippen LogP) is 4.50. The van der Waals surface area contributed by atoms with E-state index in [1.165, 1.54) is 22.9 Å². The number of anilines is 1. The zero-order valence-electron chi connectivity index (χ0n) is 24.4. The molecule has 0 aliphatic carbocycles. The highest BCUT2D eigenvalue weighted by atomic mass is 19.1. The van der Waals surface area contributed by atoms with E-state index < -0.39 is 23.3 Å². The lowest BCUT2D eigenvalue weighted by atomic mass is 9.97. The Morgan fingerprint density at radius 3 is 2.58 bits per heavy atom. The molecule has 3 N–H and O–H groups in total. The number of piperidine rings is 1. The Morgan fingerprint density at radius 2 is 1.91 bits per heavy atom. The third kappa shape index (κ3) is 4.98. The summed E-state index contributed by atoms with van der Waals surface area (Å²) >= 11 is 0. The molecule has 5 aromatic rings. The maximum Gasteiger partial charge on any atom is 0.404 e. The van der Waals surface area contributed by atoms with E-state index in [0.29, 0.717) is 46.6 Å². The lowest BCUT2D eigenvalue weighted by molar-refractivity contribution is 0.0585. The molecule has 230 valence electrons. The highest BCUT2D eigenvalue weighted by Crippen LogP contribution is 2.43. The van der Waals surface area contributed by atoms with Crippen LogP contribution in [0.4, 0.5) is 19.4 Å². The number of fused-ring (bicyclic) bond motifs is 4. The molecule has 3 atom stereocenters. The Labute approximate surface area is 255 Å². The molecular formula is C31H29F2N9O3. The van der Waals surface area contributed by atoms with Crippen LogP contribution in [0.2, 0.25) is 0 Å². The molecule has 3 aromatic heterocycles. The van der Waals surface area contributed by atoms with Gasteiger partial charge >= 0.3 is 6.09 Å². The van der Waals surface area contributed by atoms with Crippen LogP contribution >= 0.6 is 0 Å². The fourth-order valence-corrected chi connectivity index (χ4v) is 6.83. The lowest BCUT2D eigenvalue weighted by Crippen LogP contribution is -2.50. The van der Waals surface area contributed by atoms with Crippen LogP contribution in [0.25, 0.3) is 39.2 Å². The quantitative estimate of drug-likeness (QED) is 0.251. The van der Waals surface area contributed by atoms with E-state index in [0.717, 1.165) is 12.8 Å². The molecule has 2 bridgehead atoms. The van der Waals surface area contributed by atoms with Gasteiger partial charge < -0.3 is 20.4 Å². The van der Waals surface area contributed by atoms with Crippen LogP contribution in [-0.2, 0) is 6.54 Å². The van der Waals surface area contributed by atoms with Gasteiger partial charge in [-0.25, -0.2) is 28.2 Å². The highest BCUT2D eigenvalue weighted by molar-refractivity contribution is 5.89. The number of imidazole rings is 1. The molecule has 0 radical (unpaired) electrons. The molecule has 2 aliphatic heterocycles. The van der Waals surface area contributed by atoms with Crippen LogP contribution in [0.1, 0.15) is 45.1 Å². The second kappa shape index (κ2) is 10.5. The van der Waals surface area contributed by atoms with Crippen LogP contribution in [-0.4, -0.2) is 69.4 Å². The zero-order valence-corrected chi connectivity index (χ0v) is 24.4. The topological polar surface area (TPSA) is 157 Å². The number of halogens is 2. The van der Waals surface area contributed by atoms with Crippen molar-refractivity contribution in [3.63, 3.8) is 0 Å². The molecule has 1 amide bonds. The SMILES string of the molecule is CC(C)(O)Cn1nnc2cc(-c3c(-c4ccc(C#N)c(F)c4)nc4c(N5[C@@H]6CC[C@H]5CC(NC(=O)O)C6)nccn34)c(F)cc21. The van der Waals surface area contributed by atoms with E-state index >= 15 is 4.39 Å². The summed E-state index contributed by atoms with van der Waals surface area (Å²) in [6, 6.07) is 8.70. The summed E-state index contributed by atoms with van der Waals surface area (Å²) < 4.78 is 34.2. The van der Waals surface area contributed by atoms with Gasteiger partial charge in [0.25, 0.3) is 0 Å². The van der Waals surface area contributed by atoms with Gasteiger partial charge in [0.2, 0.25) is 0 Å². The number of benzene rings is 2. The summed E-state index contributed by atoms with van der Waals surface area (Å²) in [6.07, 6.45) is 5.16. The monoisotopic (exact) mass is 613 g/mol. The number of nitriles is 1. The molecular weight excluding hydrogens is 584 g/mol. The summed E-state index contributed by atoms with van der Waals surface area (Å²) in [4.78, 5) is 23.1. The zero-order chi connectivity index (χ0) is 31.6. The van der Waals surface area contributed by atoms with Gasteiger partial charge in [-0.2, -0.15) is 5.26 Å². The van der Waals surface area contributed by atoms with Crippen LogP contribution < -0.4 is 10.2 Å². The van der Waals surface area contributed by atoms with Gasteiger partial charge in [0, 0.05) is 47.7 Å². The maximum atomic E-state index is 16.2. The second-order valence-corrected chi connectivity index (χ2v) is 12.4. The number of carbonyl (C=O) groups is 1. The van der Waals surface area contributed by atoms with Crippen molar-refractivity contribution in [3.05, 3.63) is 59.9 Å². The van der Waals surface area contributed by atoms with Crippen molar-refractivity contribution < 1.29 is 23.8 Å². The fourth-order valence-electron chi connectivity index (χ4n) is 6.83. The summed E-state index contributed by atoms with van der Waals surface area (Å²) in [6.45, 7) is 3.34. The highest BCUT2D eigenvalue weighted by Gasteiger charge is 2.43. The maximum absolute atomic E-state index is 16.2. The third-order valence-electron chi connectivity index (χ3n) is 8.59. The van der Waals surface area contributed by atoms with E-state index in [1.54, 1.807) is 42.8 Å². The lowest BCUT2D eigenvalue weighted by Gasteiger charge is -2.39. The minimum absolute atomic E-state index is 0.0224. The van der Waals surface area contributed by atoms with Gasteiger partial charge in [-0.1, -0.05) is 11.3 Å². The van der Waals surface area contributed by atoms with Crippen LogP contribution in [0, 0.1) is 23.0 Å². The minimum atomic E-state index is -1.11. The number of hydrogen-bond acceptors (Lipinski definition) is 8. The van der Waals surface area contributed by atoms with E-state index in [1.807, 2.05) is 6.07 Å². The van der Waals surface area contributed by atoms with Gasteiger partial charge in [0.1, 0.15) is 23.2 Å². The van der Waals surface area contributed by atoms with Crippen LogP contribution in [0.3, 0.4) is 0 Å². The van der Waals surface area contributed by atoms with E-state index in [4.69, 9.17) is 9.97 Å². The van der Waals surface area contributed by atoms with E-state index in [2.05, 4.69) is 20.5 Å². The first kappa shape index (κ1) is 28.6. The largest absolute Gasteiger partial charge is 0.465 e. The van der Waals surface area contributed by atoms with Gasteiger partial charge in [-0.05, 0) is 57.7 Å². The van der Waals surface area contributed by atoms with Crippen molar-refractivity contribution in [2.75, 3.05) is 4.90 Å². The van der Waals surface area contributed by atoms with Crippen LogP contribution in [0.15, 0.2) is 42.7 Å². The first-order valence-corrected chi connectivity index (χ1v) is 14.6. The number of hydrogen-bond donors (Lipinski definition) is 3. The number of carboxylic acid groups (broad SMARTS) is 1. The number of nitrogens with one attached hydrogen (secondary N) is 1. The van der Waals surface area contributed by atoms with Gasteiger partial charge in [-0.3, -0.25) is 4.40 Å². The van der Waals surface area contributed by atoms with Gasteiger partial charge in [-0.15, -0.1) is 5.10 Å². The summed E-state index contributed by atoms with van der Waals surface area (Å²) in [5.74, 6) is -0.760. The molecule has 2 fully saturated rings. The average molecular weight is 614 g/mol. The normalized spacial score (nSPS) is 19.7. The number of nitrogens with zero attached hydrogens (tertiary/aromatic N) is 8. The standard InChI is InChI=1S/C31H29F2N9O3/c1-31(2,45)15-41-25-13-23(33)21(12-24(25)38-39-41)27-26(16-3-4-17(14-34)22(32)9-16)37-29-28(35-7-8-40(27)29)42-19-5-6-20(42)11-18(10-19)36-30(43)44/h3-4,7-9,12-13,18-20,36,45H,5-6,10-11,15H2,1-2H3,(H,43,44)/t18?,19-,20+. The van der Waals surface area contributed by atoms with Crippen molar-refractivity contribution in [2.45, 2.75) is 69.8 Å². The molecule has 12 nitrogen and oxygen atoms in total. The first-order valence-electron chi connectivity index (χ1n) is 14.6. The summed E-state index contributed by atoms with van der Waals surface area (Å²) in [5, 5.41) is 39.8. The van der Waals surface area contributed by atoms with Crippen molar-refractivity contribution in [1.82, 2.24) is 34.7 Å². The molecule has 2 aromatic carbocycles. The number of rotatable bonds is 6. The Hall–Kier alpha value is -5.16. The molecule has 1 unspecified atom stereocenters. The molecule has 0 saturated carbocycles. The number of amides is 1. The van der Waals surface area contributed by atoms with Crippen molar-refractivity contribution in [2.24, 2.45) is 0 Å². The summed E-state index contributed by atoms with van der Waals surface area (Å²) in [5.41, 5.74) is 1.09. The van der Waals surface area contributed by atoms with E-state index in [9.17, 15) is 24.7 Å². The molecule has 45 heavy (non-hydrogen) atoms. The number of aromatic nitrogens is 6. The second-order valence-electron chi connectivity index (χ2n) is 12.4. The molecule has 2 saturated heterocycles. The molecule has 14 heteroatoms. The molecule has 7 rings (SSSR count). The first-order chi connectivity index (χ1) is 21.5. The molecule has 2 aliphatic rings. The smallest absolute Gasteiger partial charge is 0.404 e. The molecule has 5 heterocycles. The van der Waals surface area contributed by atoms with Crippen LogP contribution in [0.5, 0.6) is 0 Å². The molecule has 0 spiro atoms. The average Bonchev–Trinajstić information content (AvgIpc) is 3.62. The van der Waals surface area contributed by atoms with Gasteiger partial charge in [0.05, 0.1) is 34.6 Å². The Morgan fingerprint density at radius 1 is 1.16 bits per heavy atom.